The van der Waals surface area contributed by atoms with Crippen molar-refractivity contribution in [3.05, 3.63) is 97.5 Å². The van der Waals surface area contributed by atoms with E-state index in [0.29, 0.717) is 35.3 Å². The number of hydrogen-bond acceptors (Lipinski definition) is 5. The van der Waals surface area contributed by atoms with Crippen molar-refractivity contribution >= 4 is 11.0 Å². The lowest BCUT2D eigenvalue weighted by atomic mass is 10.0. The number of alkyl halides is 3. The summed E-state index contributed by atoms with van der Waals surface area (Å²) in [6, 6.07) is 8.16. The fourth-order valence-corrected chi connectivity index (χ4v) is 4.06. The Hall–Kier alpha value is -3.79. The highest BCUT2D eigenvalue weighted by molar-refractivity contribution is 5.76. The van der Waals surface area contributed by atoms with Crippen molar-refractivity contribution in [1.29, 1.82) is 0 Å². The molecule has 0 aliphatic carbocycles. The summed E-state index contributed by atoms with van der Waals surface area (Å²) in [6.07, 6.45) is -2.69. The molecule has 6 nitrogen and oxygen atoms in total. The van der Waals surface area contributed by atoms with E-state index in [1.165, 1.54) is 30.5 Å². The normalized spacial score (nSPS) is 14.4. The summed E-state index contributed by atoms with van der Waals surface area (Å²) in [4.78, 5) is 34.5. The molecule has 0 radical (unpaired) electrons. The van der Waals surface area contributed by atoms with Gasteiger partial charge in [-0.15, -0.1) is 0 Å². The van der Waals surface area contributed by atoms with Crippen LogP contribution in [-0.4, -0.2) is 21.4 Å². The van der Waals surface area contributed by atoms with Crippen LogP contribution in [0.2, 0.25) is 0 Å². The molecule has 0 saturated heterocycles. The van der Waals surface area contributed by atoms with Gasteiger partial charge in [0.15, 0.2) is 5.43 Å². The lowest BCUT2D eigenvalue weighted by molar-refractivity contribution is -0.137. The first kappa shape index (κ1) is 22.0. The summed E-state index contributed by atoms with van der Waals surface area (Å²) in [6.45, 7) is 0.927. The summed E-state index contributed by atoms with van der Waals surface area (Å²) in [5.74, 6) is -0.339. The van der Waals surface area contributed by atoms with Crippen LogP contribution < -0.4 is 11.0 Å². The molecule has 174 valence electrons. The summed E-state index contributed by atoms with van der Waals surface area (Å²) in [7, 11) is 0. The van der Waals surface area contributed by atoms with E-state index in [2.05, 4.69) is 9.97 Å². The van der Waals surface area contributed by atoms with Gasteiger partial charge in [-0.1, -0.05) is 12.1 Å². The second-order valence-electron chi connectivity index (χ2n) is 8.11. The summed E-state index contributed by atoms with van der Waals surface area (Å²) in [5, 5.41) is 0.149. The van der Waals surface area contributed by atoms with Gasteiger partial charge in [-0.05, 0) is 30.3 Å². The van der Waals surface area contributed by atoms with Gasteiger partial charge in [0.05, 0.1) is 28.5 Å². The van der Waals surface area contributed by atoms with E-state index in [1.54, 1.807) is 0 Å². The van der Waals surface area contributed by atoms with Gasteiger partial charge in [0.25, 0.3) is 5.56 Å². The zero-order chi connectivity index (χ0) is 24.0. The molecule has 0 spiro atoms. The van der Waals surface area contributed by atoms with Gasteiger partial charge in [-0.2, -0.15) is 13.2 Å². The Bertz CT molecular complexity index is 1510. The Morgan fingerprint density at radius 2 is 1.85 bits per heavy atom. The largest absolute Gasteiger partial charge is 0.464 e. The second-order valence-corrected chi connectivity index (χ2v) is 8.11. The molecule has 0 atom stereocenters. The SMILES string of the molecule is O=c1[nH]c(-c2ccc(C(F)(F)F)cc2)nc2c1CN(Cc1coc3ccc(F)cc3c1=O)CC2. The van der Waals surface area contributed by atoms with Crippen LogP contribution in [0.5, 0.6) is 0 Å². The van der Waals surface area contributed by atoms with Crippen molar-refractivity contribution in [2.45, 2.75) is 25.7 Å². The van der Waals surface area contributed by atoms with E-state index in [4.69, 9.17) is 4.42 Å². The molecule has 1 aliphatic rings. The van der Waals surface area contributed by atoms with Crippen molar-refractivity contribution in [2.75, 3.05) is 6.54 Å². The molecule has 34 heavy (non-hydrogen) atoms. The zero-order valence-corrected chi connectivity index (χ0v) is 17.6. The predicted molar refractivity (Wildman–Crippen MR) is 116 cm³/mol. The second kappa shape index (κ2) is 8.21. The maximum atomic E-state index is 13.6. The van der Waals surface area contributed by atoms with Gasteiger partial charge in [0.1, 0.15) is 17.2 Å². The average molecular weight is 471 g/mol. The highest BCUT2D eigenvalue weighted by Gasteiger charge is 2.30. The quantitative estimate of drug-likeness (QED) is 0.452. The number of nitrogens with zero attached hydrogens (tertiary/aromatic N) is 2. The number of aromatic amines is 1. The molecule has 0 unspecified atom stereocenters. The fourth-order valence-electron chi connectivity index (χ4n) is 4.06. The molecule has 3 heterocycles. The third kappa shape index (κ3) is 4.12. The Labute approximate surface area is 189 Å². The molecule has 4 aromatic rings. The molecule has 0 bridgehead atoms. The number of hydrogen-bond donors (Lipinski definition) is 1. The Kier molecular flexibility index (Phi) is 5.32. The van der Waals surface area contributed by atoms with Crippen LogP contribution in [-0.2, 0) is 25.7 Å². The third-order valence-corrected chi connectivity index (χ3v) is 5.83. The molecular formula is C24H17F4N3O3. The minimum Gasteiger partial charge on any atom is -0.464 e. The number of nitrogens with one attached hydrogen (secondary N) is 1. The smallest absolute Gasteiger partial charge is 0.416 e. The minimum absolute atomic E-state index is 0.149. The maximum absolute atomic E-state index is 13.6. The van der Waals surface area contributed by atoms with E-state index in [1.807, 2.05) is 4.90 Å². The van der Waals surface area contributed by atoms with E-state index in [9.17, 15) is 27.2 Å². The van der Waals surface area contributed by atoms with Crippen molar-refractivity contribution in [3.63, 3.8) is 0 Å². The number of aromatic nitrogens is 2. The van der Waals surface area contributed by atoms with Crippen LogP contribution in [0, 0.1) is 5.82 Å². The molecule has 0 amide bonds. The van der Waals surface area contributed by atoms with Crippen LogP contribution in [0.4, 0.5) is 17.6 Å². The maximum Gasteiger partial charge on any atom is 0.416 e. The molecule has 0 fully saturated rings. The summed E-state index contributed by atoms with van der Waals surface area (Å²) in [5.41, 5.74) is 0.474. The molecule has 2 aromatic heterocycles. The minimum atomic E-state index is -4.45. The van der Waals surface area contributed by atoms with Crippen LogP contribution in [0.25, 0.3) is 22.4 Å². The van der Waals surface area contributed by atoms with Gasteiger partial charge in [0, 0.05) is 37.2 Å². The summed E-state index contributed by atoms with van der Waals surface area (Å²) >= 11 is 0. The molecule has 2 aromatic carbocycles. The molecule has 10 heteroatoms. The lowest BCUT2D eigenvalue weighted by Gasteiger charge is -2.27. The number of fused-ring (bicyclic) bond motifs is 2. The Morgan fingerprint density at radius 1 is 1.09 bits per heavy atom. The van der Waals surface area contributed by atoms with E-state index in [-0.39, 0.29) is 35.3 Å². The van der Waals surface area contributed by atoms with Crippen molar-refractivity contribution < 1.29 is 22.0 Å². The topological polar surface area (TPSA) is 79.2 Å². The van der Waals surface area contributed by atoms with Gasteiger partial charge in [-0.25, -0.2) is 9.37 Å². The third-order valence-electron chi connectivity index (χ3n) is 5.83. The van der Waals surface area contributed by atoms with E-state index < -0.39 is 23.1 Å². The standard InChI is InChI=1S/C24H17F4N3O3/c25-16-5-6-20-17(9-16)21(32)14(12-34-20)10-31-8-7-19-18(11-31)23(33)30-22(29-19)13-1-3-15(4-2-13)24(26,27)28/h1-6,9,12H,7-8,10-11H2,(H,29,30,33). The summed E-state index contributed by atoms with van der Waals surface area (Å²) < 4.78 is 57.4. The van der Waals surface area contributed by atoms with Crippen LogP contribution in [0.3, 0.4) is 0 Å². The average Bonchev–Trinajstić information content (AvgIpc) is 2.81. The zero-order valence-electron chi connectivity index (χ0n) is 17.6. The Morgan fingerprint density at radius 3 is 2.59 bits per heavy atom. The molecule has 5 rings (SSSR count). The lowest BCUT2D eigenvalue weighted by Crippen LogP contribution is -2.36. The van der Waals surface area contributed by atoms with Gasteiger partial charge in [0.2, 0.25) is 0 Å². The van der Waals surface area contributed by atoms with Gasteiger partial charge >= 0.3 is 6.18 Å². The molecule has 1 aliphatic heterocycles. The number of benzene rings is 2. The predicted octanol–water partition coefficient (Wildman–Crippen LogP) is 4.26. The number of H-pyrrole nitrogens is 1. The number of halogens is 4. The van der Waals surface area contributed by atoms with Crippen molar-refractivity contribution in [3.8, 4) is 11.4 Å². The first-order chi connectivity index (χ1) is 16.2. The van der Waals surface area contributed by atoms with E-state index >= 15 is 0 Å². The fraction of sp³-hybridized carbons (Fsp3) is 0.208. The molecule has 1 N–H and O–H groups in total. The van der Waals surface area contributed by atoms with Crippen molar-refractivity contribution in [2.24, 2.45) is 0 Å². The monoisotopic (exact) mass is 471 g/mol. The van der Waals surface area contributed by atoms with Crippen molar-refractivity contribution in [1.82, 2.24) is 14.9 Å². The number of rotatable bonds is 3. The molecular weight excluding hydrogens is 454 g/mol. The van der Waals surface area contributed by atoms with Gasteiger partial charge < -0.3 is 9.40 Å². The van der Waals surface area contributed by atoms with E-state index in [0.717, 1.165) is 18.2 Å². The highest BCUT2D eigenvalue weighted by Crippen LogP contribution is 2.30. The van der Waals surface area contributed by atoms with Crippen LogP contribution in [0.15, 0.2) is 62.7 Å². The first-order valence-corrected chi connectivity index (χ1v) is 10.4. The van der Waals surface area contributed by atoms with Crippen LogP contribution >= 0.6 is 0 Å². The molecule has 0 saturated carbocycles. The Balaban J connectivity index is 1.39. The highest BCUT2D eigenvalue weighted by atomic mass is 19.4. The first-order valence-electron chi connectivity index (χ1n) is 10.4. The van der Waals surface area contributed by atoms with Gasteiger partial charge in [-0.3, -0.25) is 14.5 Å². The van der Waals surface area contributed by atoms with Crippen LogP contribution in [0.1, 0.15) is 22.4 Å².